The molecule has 1 heterocycles. The predicted molar refractivity (Wildman–Crippen MR) is 179 cm³/mol. The van der Waals surface area contributed by atoms with Crippen molar-refractivity contribution in [2.24, 2.45) is 0 Å². The van der Waals surface area contributed by atoms with Gasteiger partial charge in [-0.25, -0.2) is 4.39 Å². The van der Waals surface area contributed by atoms with E-state index in [2.05, 4.69) is 17.2 Å². The third kappa shape index (κ3) is 8.50. The van der Waals surface area contributed by atoms with Gasteiger partial charge in [0.1, 0.15) is 11.9 Å². The molecule has 242 valence electrons. The molecule has 0 unspecified atom stereocenters. The summed E-state index contributed by atoms with van der Waals surface area (Å²) in [4.78, 5) is 25.3. The Morgan fingerprint density at radius 3 is 2.07 bits per heavy atom. The summed E-state index contributed by atoms with van der Waals surface area (Å²) in [5.74, 6) is -1.81. The number of aliphatic hydroxyl groups is 2. The Balaban J connectivity index is 1.75. The number of nitrogens with one attached hydrogen (secondary N) is 2. The van der Waals surface area contributed by atoms with Crippen LogP contribution in [0.25, 0.3) is 22.4 Å². The van der Waals surface area contributed by atoms with E-state index in [1.54, 1.807) is 12.1 Å². The number of nitrogens with zero attached hydrogens (tertiary/aromatic N) is 1. The van der Waals surface area contributed by atoms with E-state index in [1.165, 1.54) is 19.1 Å². The molecule has 8 nitrogen and oxygen atoms in total. The number of aliphatic hydroxyl groups excluding tert-OH is 2. The van der Waals surface area contributed by atoms with Crippen LogP contribution in [0.3, 0.4) is 0 Å². The molecule has 0 saturated carbocycles. The Labute approximate surface area is 269 Å². The third-order valence-electron chi connectivity index (χ3n) is 7.79. The van der Waals surface area contributed by atoms with Gasteiger partial charge in [0, 0.05) is 35.6 Å². The van der Waals surface area contributed by atoms with Crippen LogP contribution in [0.2, 0.25) is 0 Å². The first kappa shape index (κ1) is 34.1. The second-order valence-electron chi connectivity index (χ2n) is 11.8. The fourth-order valence-electron chi connectivity index (χ4n) is 5.71. The highest BCUT2D eigenvalue weighted by molar-refractivity contribution is 6.12. The normalized spacial score (nSPS) is 13.2. The smallest absolute Gasteiger partial charge is 0.325 e. The van der Waals surface area contributed by atoms with Gasteiger partial charge in [0.15, 0.2) is 0 Å². The van der Waals surface area contributed by atoms with Crippen molar-refractivity contribution >= 4 is 17.6 Å². The van der Waals surface area contributed by atoms with Gasteiger partial charge in [-0.15, -0.1) is 0 Å². The molecule has 0 bridgehead atoms. The molecular formula is C37H42FN3O5. The number of carbonyl (C=O) groups excluding carboxylic acids is 1. The summed E-state index contributed by atoms with van der Waals surface area (Å²) < 4.78 is 16.1. The number of amides is 1. The van der Waals surface area contributed by atoms with Crippen LogP contribution in [0.4, 0.5) is 10.1 Å². The fourth-order valence-corrected chi connectivity index (χ4v) is 5.71. The lowest BCUT2D eigenvalue weighted by Crippen LogP contribution is -2.34. The van der Waals surface area contributed by atoms with Crippen molar-refractivity contribution in [1.82, 2.24) is 9.88 Å². The van der Waals surface area contributed by atoms with Crippen LogP contribution in [0.5, 0.6) is 0 Å². The molecule has 0 spiro atoms. The zero-order chi connectivity index (χ0) is 33.4. The number of carboxylic acid groups (broad SMARTS) is 1. The second-order valence-corrected chi connectivity index (χ2v) is 11.8. The summed E-state index contributed by atoms with van der Waals surface area (Å²) in [6.45, 7) is 9.60. The Hall–Kier alpha value is -4.73. The molecule has 0 radical (unpaired) electrons. The zero-order valence-electron chi connectivity index (χ0n) is 26.4. The molecule has 1 aromatic heterocycles. The summed E-state index contributed by atoms with van der Waals surface area (Å²) in [5, 5.41) is 36.6. The number of hydrogen-bond donors (Lipinski definition) is 5. The number of rotatable bonds is 15. The highest BCUT2D eigenvalue weighted by atomic mass is 19.1. The molecule has 0 aliphatic heterocycles. The topological polar surface area (TPSA) is 124 Å². The van der Waals surface area contributed by atoms with Crippen molar-refractivity contribution < 1.29 is 29.3 Å². The lowest BCUT2D eigenvalue weighted by Gasteiger charge is -2.21. The number of para-hydroxylation sites is 1. The van der Waals surface area contributed by atoms with Gasteiger partial charge in [-0.1, -0.05) is 69.0 Å². The van der Waals surface area contributed by atoms with Gasteiger partial charge in [0.05, 0.1) is 23.5 Å². The molecular weight excluding hydrogens is 585 g/mol. The number of carboxylic acids is 1. The summed E-state index contributed by atoms with van der Waals surface area (Å²) in [6, 6.07) is 24.1. The van der Waals surface area contributed by atoms with Crippen LogP contribution in [-0.2, 0) is 11.3 Å². The molecule has 9 heteroatoms. The summed E-state index contributed by atoms with van der Waals surface area (Å²) in [7, 11) is 0. The Morgan fingerprint density at radius 1 is 0.870 bits per heavy atom. The number of aliphatic carboxylic acids is 1. The Kier molecular flexibility index (Phi) is 11.5. The molecule has 4 aromatic rings. The van der Waals surface area contributed by atoms with Crippen LogP contribution in [0.15, 0.2) is 97.2 Å². The van der Waals surface area contributed by atoms with Crippen molar-refractivity contribution in [2.75, 3.05) is 5.32 Å². The minimum absolute atomic E-state index is 0.0409. The van der Waals surface area contributed by atoms with E-state index in [0.717, 1.165) is 17.0 Å². The first-order valence-electron chi connectivity index (χ1n) is 15.4. The standard InChI is InChI=1S/C37H42FN3O5/c1-23(2)34-33(36(44)40-29-13-9-6-10-14-29)32(26-11-7-5-8-12-26)35(27-15-17-28(38)18-16-27)41(34)20-19-30(42)22-31(43)21-24(3)39-25(4)37(45)46/h5-18,23,25,30-31,39,42-43H,3,19-22H2,1-2,4H3,(H,40,44)(H,45,46)/t25-,30+,31-/m0/s1. The highest BCUT2D eigenvalue weighted by Gasteiger charge is 2.31. The molecule has 0 fully saturated rings. The van der Waals surface area contributed by atoms with E-state index >= 15 is 0 Å². The van der Waals surface area contributed by atoms with Gasteiger partial charge >= 0.3 is 5.97 Å². The number of benzene rings is 3. The van der Waals surface area contributed by atoms with Crippen LogP contribution in [0.1, 0.15) is 62.0 Å². The fraction of sp³-hybridized carbons (Fsp3) is 0.297. The molecule has 4 rings (SSSR count). The quantitative estimate of drug-likeness (QED) is 0.0987. The monoisotopic (exact) mass is 627 g/mol. The van der Waals surface area contributed by atoms with Crippen LogP contribution < -0.4 is 10.6 Å². The summed E-state index contributed by atoms with van der Waals surface area (Å²) >= 11 is 0. The van der Waals surface area contributed by atoms with E-state index in [4.69, 9.17) is 5.11 Å². The van der Waals surface area contributed by atoms with Gasteiger partial charge in [0.25, 0.3) is 5.91 Å². The van der Waals surface area contributed by atoms with E-state index in [1.807, 2.05) is 79.1 Å². The molecule has 0 aliphatic carbocycles. The van der Waals surface area contributed by atoms with Gasteiger partial charge in [0.2, 0.25) is 0 Å². The number of hydrogen-bond acceptors (Lipinski definition) is 5. The first-order valence-corrected chi connectivity index (χ1v) is 15.4. The molecule has 3 atom stereocenters. The molecule has 3 aromatic carbocycles. The van der Waals surface area contributed by atoms with Crippen molar-refractivity contribution in [3.8, 4) is 22.4 Å². The second kappa shape index (κ2) is 15.5. The highest BCUT2D eigenvalue weighted by Crippen LogP contribution is 2.42. The first-order chi connectivity index (χ1) is 22.0. The van der Waals surface area contributed by atoms with Gasteiger partial charge in [-0.2, -0.15) is 0 Å². The summed E-state index contributed by atoms with van der Waals surface area (Å²) in [5.41, 5.74) is 5.23. The maximum absolute atomic E-state index is 14.2. The lowest BCUT2D eigenvalue weighted by atomic mass is 9.94. The minimum Gasteiger partial charge on any atom is -0.480 e. The molecule has 5 N–H and O–H groups in total. The number of carbonyl (C=O) groups is 2. The van der Waals surface area contributed by atoms with Crippen LogP contribution in [0, 0.1) is 5.82 Å². The maximum atomic E-state index is 14.2. The molecule has 46 heavy (non-hydrogen) atoms. The average Bonchev–Trinajstić information content (AvgIpc) is 3.36. The van der Waals surface area contributed by atoms with Crippen LogP contribution >= 0.6 is 0 Å². The van der Waals surface area contributed by atoms with Crippen molar-refractivity contribution in [3.05, 3.63) is 114 Å². The van der Waals surface area contributed by atoms with Gasteiger partial charge in [-0.3, -0.25) is 9.59 Å². The molecule has 1 amide bonds. The van der Waals surface area contributed by atoms with E-state index < -0.39 is 24.2 Å². The molecule has 0 saturated heterocycles. The number of anilines is 1. The third-order valence-corrected chi connectivity index (χ3v) is 7.79. The van der Waals surface area contributed by atoms with E-state index in [0.29, 0.717) is 34.6 Å². The van der Waals surface area contributed by atoms with Crippen molar-refractivity contribution in [1.29, 1.82) is 0 Å². The Bertz CT molecular complexity index is 1640. The zero-order valence-corrected chi connectivity index (χ0v) is 26.4. The van der Waals surface area contributed by atoms with Gasteiger partial charge in [-0.05, 0) is 73.2 Å². The van der Waals surface area contributed by atoms with Crippen molar-refractivity contribution in [2.45, 2.75) is 70.7 Å². The van der Waals surface area contributed by atoms with Gasteiger partial charge < -0.3 is 30.5 Å². The van der Waals surface area contributed by atoms with E-state index in [-0.39, 0.29) is 36.9 Å². The Morgan fingerprint density at radius 2 is 1.48 bits per heavy atom. The predicted octanol–water partition coefficient (Wildman–Crippen LogP) is 6.81. The largest absolute Gasteiger partial charge is 0.480 e. The maximum Gasteiger partial charge on any atom is 0.325 e. The number of halogens is 1. The average molecular weight is 628 g/mol. The SMILES string of the molecule is C=C(C[C@H](O)C[C@H](O)CCn1c(-c2ccc(F)cc2)c(-c2ccccc2)c(C(=O)Nc2ccccc2)c1C(C)C)N[C@@H](C)C(=O)O. The minimum atomic E-state index is -1.04. The number of aromatic nitrogens is 1. The molecule has 0 aliphatic rings. The van der Waals surface area contributed by atoms with Crippen LogP contribution in [-0.4, -0.2) is 50.0 Å². The lowest BCUT2D eigenvalue weighted by molar-refractivity contribution is -0.138. The van der Waals surface area contributed by atoms with Crippen molar-refractivity contribution in [3.63, 3.8) is 0 Å². The van der Waals surface area contributed by atoms with E-state index in [9.17, 15) is 24.2 Å². The summed E-state index contributed by atoms with van der Waals surface area (Å²) in [6.07, 6.45) is -1.49.